The van der Waals surface area contributed by atoms with Crippen LogP contribution in [0.1, 0.15) is 54.0 Å². The Morgan fingerprint density at radius 1 is 1.12 bits per heavy atom. The zero-order chi connectivity index (χ0) is 22.7. The van der Waals surface area contributed by atoms with E-state index in [0.717, 1.165) is 74.7 Å². The lowest BCUT2D eigenvalue weighted by Crippen LogP contribution is -2.47. The number of benzene rings is 1. The van der Waals surface area contributed by atoms with Crippen LogP contribution in [-0.4, -0.2) is 62.0 Å². The van der Waals surface area contributed by atoms with Gasteiger partial charge < -0.3 is 15.5 Å². The van der Waals surface area contributed by atoms with Crippen LogP contribution in [0.25, 0.3) is 0 Å². The summed E-state index contributed by atoms with van der Waals surface area (Å²) in [4.78, 5) is 20.4. The lowest BCUT2D eigenvalue weighted by Gasteiger charge is -2.36. The molecule has 0 bridgehead atoms. The van der Waals surface area contributed by atoms with Gasteiger partial charge >= 0.3 is 0 Å². The van der Waals surface area contributed by atoms with Crippen molar-refractivity contribution in [1.82, 2.24) is 29.9 Å². The van der Waals surface area contributed by atoms with E-state index in [0.29, 0.717) is 11.5 Å². The minimum Gasteiger partial charge on any atom is -0.368 e. The van der Waals surface area contributed by atoms with Crippen molar-refractivity contribution in [2.24, 2.45) is 5.73 Å². The molecule has 2 aromatic heterocycles. The minimum atomic E-state index is -0.405. The van der Waals surface area contributed by atoms with Crippen LogP contribution in [0.3, 0.4) is 0 Å². The Morgan fingerprint density at radius 3 is 2.41 bits per heavy atom. The van der Waals surface area contributed by atoms with Gasteiger partial charge in [0.1, 0.15) is 11.6 Å². The average molecular weight is 438 g/mol. The van der Waals surface area contributed by atoms with Crippen molar-refractivity contribution in [2.45, 2.75) is 46.1 Å². The molecule has 1 unspecified atom stereocenters. The number of H-pyrrole nitrogens is 1. The highest BCUT2D eigenvalue weighted by atomic mass is 16.1. The van der Waals surface area contributed by atoms with Crippen molar-refractivity contribution in [1.29, 1.82) is 0 Å². The summed E-state index contributed by atoms with van der Waals surface area (Å²) in [6.07, 6.45) is 1.73. The number of piperazine rings is 1. The van der Waals surface area contributed by atoms with Crippen LogP contribution in [0, 0.1) is 6.92 Å². The number of carbonyl (C=O) groups excluding carboxylic acids is 1. The number of nitrogens with one attached hydrogen (secondary N) is 1. The first-order valence-electron chi connectivity index (χ1n) is 11.2. The summed E-state index contributed by atoms with van der Waals surface area (Å²) in [6.45, 7) is 10.4. The fraction of sp³-hybridized carbons (Fsp3) is 0.500. The molecule has 1 saturated heterocycles. The first-order valence-corrected chi connectivity index (χ1v) is 11.2. The lowest BCUT2D eigenvalue weighted by atomic mass is 10.1. The predicted molar refractivity (Wildman–Crippen MR) is 123 cm³/mol. The molecule has 0 radical (unpaired) electrons. The van der Waals surface area contributed by atoms with E-state index < -0.39 is 5.91 Å². The van der Waals surface area contributed by atoms with Crippen LogP contribution in [0.15, 0.2) is 24.3 Å². The van der Waals surface area contributed by atoms with Crippen molar-refractivity contribution < 1.29 is 4.79 Å². The highest BCUT2D eigenvalue weighted by Gasteiger charge is 2.25. The highest BCUT2D eigenvalue weighted by molar-refractivity contribution is 5.93. The SMILES string of the molecule is CCC(C)c1nnc(N2CCN(c3ccc(C(N)=O)cc3)CC2)n1CCc1n[nH]c(C)n1. The van der Waals surface area contributed by atoms with Crippen molar-refractivity contribution >= 4 is 17.5 Å². The number of nitrogens with zero attached hydrogens (tertiary/aromatic N) is 7. The molecule has 10 heteroatoms. The Kier molecular flexibility index (Phi) is 6.38. The molecule has 170 valence electrons. The van der Waals surface area contributed by atoms with Crippen LogP contribution < -0.4 is 15.5 Å². The van der Waals surface area contributed by atoms with Crippen molar-refractivity contribution in [2.75, 3.05) is 36.0 Å². The van der Waals surface area contributed by atoms with Crippen LogP contribution in [-0.2, 0) is 13.0 Å². The number of hydrogen-bond donors (Lipinski definition) is 2. The predicted octanol–water partition coefficient (Wildman–Crippen LogP) is 1.89. The van der Waals surface area contributed by atoms with E-state index >= 15 is 0 Å². The Hall–Kier alpha value is -3.43. The second-order valence-electron chi connectivity index (χ2n) is 8.29. The van der Waals surface area contributed by atoms with Gasteiger partial charge in [0, 0.05) is 56.3 Å². The molecule has 1 fully saturated rings. The zero-order valence-corrected chi connectivity index (χ0v) is 19.0. The molecule has 3 heterocycles. The third-order valence-corrected chi connectivity index (χ3v) is 6.10. The lowest BCUT2D eigenvalue weighted by molar-refractivity contribution is 0.100. The highest BCUT2D eigenvalue weighted by Crippen LogP contribution is 2.25. The van der Waals surface area contributed by atoms with E-state index in [1.165, 1.54) is 0 Å². The summed E-state index contributed by atoms with van der Waals surface area (Å²) >= 11 is 0. The second kappa shape index (κ2) is 9.37. The smallest absolute Gasteiger partial charge is 0.248 e. The zero-order valence-electron chi connectivity index (χ0n) is 19.0. The third-order valence-electron chi connectivity index (χ3n) is 6.10. The molecule has 1 aliphatic rings. The number of aromatic amines is 1. The van der Waals surface area contributed by atoms with E-state index in [1.807, 2.05) is 19.1 Å². The average Bonchev–Trinajstić information content (AvgIpc) is 3.43. The van der Waals surface area contributed by atoms with Gasteiger partial charge in [0.2, 0.25) is 11.9 Å². The summed E-state index contributed by atoms with van der Waals surface area (Å²) in [5.41, 5.74) is 6.97. The fourth-order valence-electron chi connectivity index (χ4n) is 4.02. The Balaban J connectivity index is 1.47. The number of amides is 1. The molecule has 10 nitrogen and oxygen atoms in total. The summed E-state index contributed by atoms with van der Waals surface area (Å²) in [5.74, 6) is 3.48. The van der Waals surface area contributed by atoms with E-state index in [4.69, 9.17) is 5.73 Å². The van der Waals surface area contributed by atoms with Gasteiger partial charge in [-0.3, -0.25) is 14.5 Å². The summed E-state index contributed by atoms with van der Waals surface area (Å²) < 4.78 is 2.23. The number of anilines is 2. The molecule has 3 aromatic rings. The maximum absolute atomic E-state index is 11.3. The molecule has 32 heavy (non-hydrogen) atoms. The molecule has 1 aliphatic heterocycles. The second-order valence-corrected chi connectivity index (χ2v) is 8.29. The first kappa shape index (κ1) is 21.8. The number of aryl methyl sites for hydroxylation is 2. The minimum absolute atomic E-state index is 0.329. The van der Waals surface area contributed by atoms with Gasteiger partial charge in [0.25, 0.3) is 0 Å². The topological polar surface area (TPSA) is 122 Å². The van der Waals surface area contributed by atoms with E-state index in [2.05, 4.69) is 53.6 Å². The quantitative estimate of drug-likeness (QED) is 0.552. The number of aromatic nitrogens is 6. The number of primary amides is 1. The van der Waals surface area contributed by atoms with Crippen LogP contribution in [0.5, 0.6) is 0 Å². The molecule has 0 spiro atoms. The number of nitrogens with two attached hydrogens (primary N) is 1. The van der Waals surface area contributed by atoms with Gasteiger partial charge in [-0.15, -0.1) is 10.2 Å². The number of carbonyl (C=O) groups is 1. The van der Waals surface area contributed by atoms with Crippen LogP contribution in [0.2, 0.25) is 0 Å². The molecule has 1 amide bonds. The first-order chi connectivity index (χ1) is 15.5. The molecule has 3 N–H and O–H groups in total. The Labute approximate surface area is 187 Å². The van der Waals surface area contributed by atoms with Crippen LogP contribution >= 0.6 is 0 Å². The molecule has 0 saturated carbocycles. The maximum Gasteiger partial charge on any atom is 0.248 e. The van der Waals surface area contributed by atoms with Gasteiger partial charge in [-0.1, -0.05) is 13.8 Å². The van der Waals surface area contributed by atoms with Gasteiger partial charge in [-0.2, -0.15) is 5.10 Å². The number of rotatable bonds is 8. The van der Waals surface area contributed by atoms with Crippen molar-refractivity contribution in [3.05, 3.63) is 47.3 Å². The monoisotopic (exact) mass is 437 g/mol. The normalized spacial score (nSPS) is 15.2. The Morgan fingerprint density at radius 2 is 1.81 bits per heavy atom. The van der Waals surface area contributed by atoms with Gasteiger partial charge in [0.05, 0.1) is 0 Å². The molecular formula is C22H31N9O. The fourth-order valence-corrected chi connectivity index (χ4v) is 4.02. The van der Waals surface area contributed by atoms with Gasteiger partial charge in [-0.25, -0.2) is 4.98 Å². The van der Waals surface area contributed by atoms with Crippen LogP contribution in [0.4, 0.5) is 11.6 Å². The summed E-state index contributed by atoms with van der Waals surface area (Å²) in [7, 11) is 0. The number of hydrogen-bond acceptors (Lipinski definition) is 7. The van der Waals surface area contributed by atoms with E-state index in [-0.39, 0.29) is 0 Å². The largest absolute Gasteiger partial charge is 0.368 e. The van der Waals surface area contributed by atoms with Crippen molar-refractivity contribution in [3.8, 4) is 0 Å². The Bertz CT molecular complexity index is 1050. The van der Waals surface area contributed by atoms with E-state index in [9.17, 15) is 4.79 Å². The molecular weight excluding hydrogens is 406 g/mol. The standard InChI is InChI=1S/C22H31N9O/c1-4-15(2)21-27-28-22(31(21)10-9-19-24-16(3)25-26-19)30-13-11-29(12-14-30)18-7-5-17(6-8-18)20(23)32/h5-8,15H,4,9-14H2,1-3H3,(H2,23,32)(H,24,25,26). The van der Waals surface area contributed by atoms with Crippen molar-refractivity contribution in [3.63, 3.8) is 0 Å². The maximum atomic E-state index is 11.3. The molecule has 1 atom stereocenters. The van der Waals surface area contributed by atoms with Gasteiger partial charge in [0.15, 0.2) is 5.82 Å². The van der Waals surface area contributed by atoms with E-state index in [1.54, 1.807) is 12.1 Å². The molecule has 0 aliphatic carbocycles. The van der Waals surface area contributed by atoms with Gasteiger partial charge in [-0.05, 0) is 37.6 Å². The molecule has 4 rings (SSSR count). The summed E-state index contributed by atoms with van der Waals surface area (Å²) in [5, 5.41) is 16.3. The third kappa shape index (κ3) is 4.58. The summed E-state index contributed by atoms with van der Waals surface area (Å²) in [6, 6.07) is 7.48. The molecule has 1 aromatic carbocycles.